The van der Waals surface area contributed by atoms with Crippen molar-refractivity contribution in [3.63, 3.8) is 0 Å². The fourth-order valence-electron chi connectivity index (χ4n) is 1.66. The Hall–Kier alpha value is -2.00. The second kappa shape index (κ2) is 6.07. The van der Waals surface area contributed by atoms with Gasteiger partial charge in [0.1, 0.15) is 12.4 Å². The Labute approximate surface area is 107 Å². The van der Waals surface area contributed by atoms with Crippen molar-refractivity contribution in [2.75, 3.05) is 12.3 Å². The van der Waals surface area contributed by atoms with E-state index in [1.54, 1.807) is 0 Å². The second-order valence-electron chi connectivity index (χ2n) is 4.15. The summed E-state index contributed by atoms with van der Waals surface area (Å²) in [6, 6.07) is 15.4. The Bertz CT molecular complexity index is 477. The minimum atomic E-state index is 0.172. The van der Waals surface area contributed by atoms with Crippen molar-refractivity contribution in [3.05, 3.63) is 59.7 Å². The van der Waals surface area contributed by atoms with Gasteiger partial charge in [-0.2, -0.15) is 0 Å². The lowest BCUT2D eigenvalue weighted by atomic mass is 10.1. The van der Waals surface area contributed by atoms with Crippen molar-refractivity contribution in [2.45, 2.75) is 13.0 Å². The molecule has 0 bridgehead atoms. The zero-order valence-corrected chi connectivity index (χ0v) is 10.2. The van der Waals surface area contributed by atoms with Gasteiger partial charge in [0.2, 0.25) is 0 Å². The van der Waals surface area contributed by atoms with Crippen molar-refractivity contribution in [1.82, 2.24) is 0 Å². The normalized spacial score (nSPS) is 10.3. The second-order valence-corrected chi connectivity index (χ2v) is 4.15. The number of benzene rings is 2. The van der Waals surface area contributed by atoms with Crippen molar-refractivity contribution < 1.29 is 9.84 Å². The fourth-order valence-corrected chi connectivity index (χ4v) is 1.66. The van der Waals surface area contributed by atoms with E-state index in [9.17, 15) is 0 Å². The van der Waals surface area contributed by atoms with Crippen LogP contribution in [0, 0.1) is 0 Å². The van der Waals surface area contributed by atoms with Crippen molar-refractivity contribution in [3.8, 4) is 5.75 Å². The molecule has 0 aliphatic rings. The van der Waals surface area contributed by atoms with Gasteiger partial charge in [0.05, 0.1) is 0 Å². The van der Waals surface area contributed by atoms with Crippen LogP contribution < -0.4 is 10.5 Å². The molecule has 0 radical (unpaired) electrons. The van der Waals surface area contributed by atoms with Gasteiger partial charge in [-0.25, -0.2) is 0 Å². The Balaban J connectivity index is 1.91. The standard InChI is InChI=1S/C15H17NO2/c16-14-5-1-13(2-6-14)11-18-15-7-3-12(4-8-15)9-10-17/h1-8,17H,9-11,16H2. The number of hydrogen-bond donors (Lipinski definition) is 2. The minimum Gasteiger partial charge on any atom is -0.489 e. The lowest BCUT2D eigenvalue weighted by molar-refractivity contribution is 0.298. The molecule has 2 rings (SSSR count). The zero-order valence-electron chi connectivity index (χ0n) is 10.2. The zero-order chi connectivity index (χ0) is 12.8. The Morgan fingerprint density at radius 2 is 1.50 bits per heavy atom. The first-order valence-corrected chi connectivity index (χ1v) is 5.95. The molecule has 18 heavy (non-hydrogen) atoms. The van der Waals surface area contributed by atoms with E-state index in [-0.39, 0.29) is 6.61 Å². The van der Waals surface area contributed by atoms with E-state index in [1.165, 1.54) is 0 Å². The van der Waals surface area contributed by atoms with E-state index in [0.29, 0.717) is 13.0 Å². The Morgan fingerprint density at radius 3 is 2.11 bits per heavy atom. The number of aliphatic hydroxyl groups is 1. The summed E-state index contributed by atoms with van der Waals surface area (Å²) in [5.41, 5.74) is 8.57. The van der Waals surface area contributed by atoms with Crippen LogP contribution in [0.2, 0.25) is 0 Å². The molecular formula is C15H17NO2. The van der Waals surface area contributed by atoms with Crippen LogP contribution in [-0.4, -0.2) is 11.7 Å². The molecule has 94 valence electrons. The summed E-state index contributed by atoms with van der Waals surface area (Å²) in [5, 5.41) is 8.82. The van der Waals surface area contributed by atoms with Crippen LogP contribution in [0.3, 0.4) is 0 Å². The lowest BCUT2D eigenvalue weighted by Gasteiger charge is -2.07. The molecule has 3 heteroatoms. The van der Waals surface area contributed by atoms with E-state index in [4.69, 9.17) is 15.6 Å². The van der Waals surface area contributed by atoms with Gasteiger partial charge < -0.3 is 15.6 Å². The first-order valence-electron chi connectivity index (χ1n) is 5.95. The number of aliphatic hydroxyl groups excluding tert-OH is 1. The largest absolute Gasteiger partial charge is 0.489 e. The quantitative estimate of drug-likeness (QED) is 0.793. The number of ether oxygens (including phenoxy) is 1. The number of nitrogens with two attached hydrogens (primary N) is 1. The molecule has 0 saturated carbocycles. The topological polar surface area (TPSA) is 55.5 Å². The van der Waals surface area contributed by atoms with Crippen molar-refractivity contribution in [1.29, 1.82) is 0 Å². The summed E-state index contributed by atoms with van der Waals surface area (Å²) < 4.78 is 5.66. The third-order valence-electron chi connectivity index (χ3n) is 2.71. The monoisotopic (exact) mass is 243 g/mol. The summed E-state index contributed by atoms with van der Waals surface area (Å²) in [7, 11) is 0. The summed E-state index contributed by atoms with van der Waals surface area (Å²) in [6.45, 7) is 0.700. The van der Waals surface area contributed by atoms with E-state index in [2.05, 4.69) is 0 Å². The van der Waals surface area contributed by atoms with Gasteiger partial charge in [-0.15, -0.1) is 0 Å². The maximum atomic E-state index is 8.82. The smallest absolute Gasteiger partial charge is 0.119 e. The molecular weight excluding hydrogens is 226 g/mol. The maximum absolute atomic E-state index is 8.82. The summed E-state index contributed by atoms with van der Waals surface area (Å²) in [6.07, 6.45) is 0.679. The van der Waals surface area contributed by atoms with Crippen molar-refractivity contribution >= 4 is 5.69 Å². The molecule has 3 N–H and O–H groups in total. The molecule has 0 spiro atoms. The SMILES string of the molecule is Nc1ccc(COc2ccc(CCO)cc2)cc1. The summed E-state index contributed by atoms with van der Waals surface area (Å²) >= 11 is 0. The molecule has 0 aliphatic heterocycles. The molecule has 3 nitrogen and oxygen atoms in total. The van der Waals surface area contributed by atoms with Gasteiger partial charge in [0.25, 0.3) is 0 Å². The molecule has 0 amide bonds. The first-order chi connectivity index (χ1) is 8.78. The molecule has 0 atom stereocenters. The highest BCUT2D eigenvalue weighted by atomic mass is 16.5. The Morgan fingerprint density at radius 1 is 0.889 bits per heavy atom. The number of nitrogen functional groups attached to an aromatic ring is 1. The minimum absolute atomic E-state index is 0.172. The van der Waals surface area contributed by atoms with Gasteiger partial charge in [-0.3, -0.25) is 0 Å². The van der Waals surface area contributed by atoms with Gasteiger partial charge in [0, 0.05) is 12.3 Å². The average Bonchev–Trinajstić information content (AvgIpc) is 2.40. The lowest BCUT2D eigenvalue weighted by Crippen LogP contribution is -1.96. The molecule has 0 saturated heterocycles. The molecule has 2 aromatic carbocycles. The molecule has 0 unspecified atom stereocenters. The van der Waals surface area contributed by atoms with Crippen LogP contribution in [-0.2, 0) is 13.0 Å². The van der Waals surface area contributed by atoms with Crippen LogP contribution in [0.4, 0.5) is 5.69 Å². The summed E-state index contributed by atoms with van der Waals surface area (Å²) in [5.74, 6) is 0.827. The van der Waals surface area contributed by atoms with Crippen LogP contribution in [0.5, 0.6) is 5.75 Å². The predicted octanol–water partition coefficient (Wildman–Crippen LogP) is 2.38. The number of anilines is 1. The molecule has 0 aliphatic carbocycles. The van der Waals surface area contributed by atoms with Gasteiger partial charge in [-0.05, 0) is 41.8 Å². The third-order valence-corrected chi connectivity index (χ3v) is 2.71. The Kier molecular flexibility index (Phi) is 4.20. The van der Waals surface area contributed by atoms with Crippen LogP contribution >= 0.6 is 0 Å². The first kappa shape index (κ1) is 12.5. The predicted molar refractivity (Wildman–Crippen MR) is 72.4 cm³/mol. The number of hydrogen-bond acceptors (Lipinski definition) is 3. The highest BCUT2D eigenvalue weighted by molar-refractivity contribution is 5.39. The van der Waals surface area contributed by atoms with Crippen LogP contribution in [0.25, 0.3) is 0 Å². The molecule has 0 heterocycles. The van der Waals surface area contributed by atoms with E-state index in [0.717, 1.165) is 22.6 Å². The van der Waals surface area contributed by atoms with Gasteiger partial charge in [-0.1, -0.05) is 24.3 Å². The van der Waals surface area contributed by atoms with Gasteiger partial charge in [0.15, 0.2) is 0 Å². The fraction of sp³-hybridized carbons (Fsp3) is 0.200. The maximum Gasteiger partial charge on any atom is 0.119 e. The van der Waals surface area contributed by atoms with Crippen LogP contribution in [0.15, 0.2) is 48.5 Å². The molecule has 0 aromatic heterocycles. The molecule has 2 aromatic rings. The van der Waals surface area contributed by atoms with E-state index in [1.807, 2.05) is 48.5 Å². The molecule has 0 fully saturated rings. The summed E-state index contributed by atoms with van der Waals surface area (Å²) in [4.78, 5) is 0. The van der Waals surface area contributed by atoms with E-state index >= 15 is 0 Å². The van der Waals surface area contributed by atoms with Gasteiger partial charge >= 0.3 is 0 Å². The van der Waals surface area contributed by atoms with Crippen molar-refractivity contribution in [2.24, 2.45) is 0 Å². The van der Waals surface area contributed by atoms with Crippen LogP contribution in [0.1, 0.15) is 11.1 Å². The average molecular weight is 243 g/mol. The highest BCUT2D eigenvalue weighted by Gasteiger charge is 1.97. The highest BCUT2D eigenvalue weighted by Crippen LogP contribution is 2.15. The number of rotatable bonds is 5. The third kappa shape index (κ3) is 3.50. The van der Waals surface area contributed by atoms with E-state index < -0.39 is 0 Å².